The third-order valence-electron chi connectivity index (χ3n) is 2.53. The van der Waals surface area contributed by atoms with Crippen molar-refractivity contribution in [3.63, 3.8) is 0 Å². The average molecular weight is 256 g/mol. The highest BCUT2D eigenvalue weighted by Crippen LogP contribution is 2.26. The Labute approximate surface area is 92.8 Å². The van der Waals surface area contributed by atoms with Crippen molar-refractivity contribution in [2.24, 2.45) is 0 Å². The van der Waals surface area contributed by atoms with E-state index in [0.717, 1.165) is 29.7 Å². The highest BCUT2D eigenvalue weighted by molar-refractivity contribution is 9.10. The summed E-state index contributed by atoms with van der Waals surface area (Å²) in [5.74, 6) is 0.994. The van der Waals surface area contributed by atoms with Gasteiger partial charge in [0.25, 0.3) is 0 Å². The number of halogens is 1. The van der Waals surface area contributed by atoms with Crippen LogP contribution < -0.4 is 10.1 Å². The van der Waals surface area contributed by atoms with Crippen LogP contribution in [-0.4, -0.2) is 19.2 Å². The molecule has 14 heavy (non-hydrogen) atoms. The monoisotopic (exact) mass is 255 g/mol. The summed E-state index contributed by atoms with van der Waals surface area (Å²) in [5.41, 5.74) is 1.18. The van der Waals surface area contributed by atoms with E-state index in [1.165, 1.54) is 5.56 Å². The van der Waals surface area contributed by atoms with Crippen LogP contribution in [0, 0.1) is 6.92 Å². The molecule has 0 aromatic heterocycles. The Morgan fingerprint density at radius 3 is 3.07 bits per heavy atom. The van der Waals surface area contributed by atoms with Crippen molar-refractivity contribution in [2.75, 3.05) is 13.1 Å². The van der Waals surface area contributed by atoms with E-state index < -0.39 is 0 Å². The molecule has 1 heterocycles. The number of rotatable bonds is 2. The van der Waals surface area contributed by atoms with Gasteiger partial charge in [-0.05, 0) is 32.0 Å². The minimum absolute atomic E-state index is 0.336. The Bertz CT molecular complexity index is 321. The fourth-order valence-electron chi connectivity index (χ4n) is 1.62. The summed E-state index contributed by atoms with van der Waals surface area (Å²) in [6, 6.07) is 6.07. The minimum atomic E-state index is 0.336. The normalized spacial score (nSPS) is 21.1. The quantitative estimate of drug-likeness (QED) is 0.877. The average Bonchev–Trinajstić information content (AvgIpc) is 2.66. The number of benzene rings is 1. The van der Waals surface area contributed by atoms with E-state index in [2.05, 4.69) is 28.2 Å². The van der Waals surface area contributed by atoms with Crippen molar-refractivity contribution in [1.29, 1.82) is 0 Å². The lowest BCUT2D eigenvalue weighted by molar-refractivity contribution is 0.221. The van der Waals surface area contributed by atoms with Crippen molar-refractivity contribution in [2.45, 2.75) is 19.4 Å². The summed E-state index contributed by atoms with van der Waals surface area (Å²) in [6.07, 6.45) is 1.44. The van der Waals surface area contributed by atoms with Crippen LogP contribution in [0.1, 0.15) is 12.0 Å². The highest BCUT2D eigenvalue weighted by atomic mass is 79.9. The first-order valence-corrected chi connectivity index (χ1v) is 5.69. The van der Waals surface area contributed by atoms with Crippen molar-refractivity contribution < 1.29 is 4.74 Å². The predicted octanol–water partition coefficient (Wildman–Crippen LogP) is 2.50. The van der Waals surface area contributed by atoms with Crippen LogP contribution >= 0.6 is 15.9 Å². The van der Waals surface area contributed by atoms with E-state index in [0.29, 0.717) is 6.10 Å². The second-order valence-electron chi connectivity index (χ2n) is 3.60. The predicted molar refractivity (Wildman–Crippen MR) is 60.8 cm³/mol. The Morgan fingerprint density at radius 1 is 1.50 bits per heavy atom. The first-order valence-electron chi connectivity index (χ1n) is 4.90. The molecule has 0 amide bonds. The molecule has 1 aromatic carbocycles. The van der Waals surface area contributed by atoms with Crippen LogP contribution in [0.3, 0.4) is 0 Å². The Hall–Kier alpha value is -0.540. The van der Waals surface area contributed by atoms with Crippen molar-refractivity contribution in [3.05, 3.63) is 28.2 Å². The smallest absolute Gasteiger partial charge is 0.123 e. The molecule has 1 aromatic rings. The lowest BCUT2D eigenvalue weighted by Crippen LogP contribution is -2.19. The molecule has 1 unspecified atom stereocenters. The van der Waals surface area contributed by atoms with Gasteiger partial charge in [-0.15, -0.1) is 0 Å². The molecule has 2 rings (SSSR count). The SMILES string of the molecule is Cc1c(Br)cccc1OC1CCNC1. The van der Waals surface area contributed by atoms with Gasteiger partial charge in [-0.2, -0.15) is 0 Å². The zero-order valence-electron chi connectivity index (χ0n) is 8.22. The second kappa shape index (κ2) is 4.32. The molecule has 2 nitrogen and oxygen atoms in total. The highest BCUT2D eigenvalue weighted by Gasteiger charge is 2.16. The van der Waals surface area contributed by atoms with Crippen LogP contribution in [0.4, 0.5) is 0 Å². The maximum absolute atomic E-state index is 5.89. The second-order valence-corrected chi connectivity index (χ2v) is 4.45. The lowest BCUT2D eigenvalue weighted by Gasteiger charge is -2.15. The molecular weight excluding hydrogens is 242 g/mol. The number of nitrogens with one attached hydrogen (secondary N) is 1. The largest absolute Gasteiger partial charge is 0.489 e. The van der Waals surface area contributed by atoms with Gasteiger partial charge in [0.2, 0.25) is 0 Å². The standard InChI is InChI=1S/C11H14BrNO/c1-8-10(12)3-2-4-11(8)14-9-5-6-13-7-9/h2-4,9,13H,5-7H2,1H3. The molecule has 1 atom stereocenters. The molecule has 1 aliphatic rings. The van der Waals surface area contributed by atoms with Gasteiger partial charge in [-0.25, -0.2) is 0 Å². The Kier molecular flexibility index (Phi) is 3.08. The first-order chi connectivity index (χ1) is 6.77. The third kappa shape index (κ3) is 2.10. The fraction of sp³-hybridized carbons (Fsp3) is 0.455. The number of ether oxygens (including phenoxy) is 1. The molecule has 0 radical (unpaired) electrons. The van der Waals surface area contributed by atoms with Crippen LogP contribution in [-0.2, 0) is 0 Å². The van der Waals surface area contributed by atoms with Gasteiger partial charge in [-0.1, -0.05) is 22.0 Å². The maximum atomic E-state index is 5.89. The van der Waals surface area contributed by atoms with E-state index >= 15 is 0 Å². The van der Waals surface area contributed by atoms with Crippen LogP contribution in [0.5, 0.6) is 5.75 Å². The molecule has 0 saturated carbocycles. The molecule has 1 saturated heterocycles. The summed E-state index contributed by atoms with van der Waals surface area (Å²) < 4.78 is 7.01. The van der Waals surface area contributed by atoms with E-state index in [4.69, 9.17) is 4.74 Å². The van der Waals surface area contributed by atoms with Crippen molar-refractivity contribution in [1.82, 2.24) is 5.32 Å². The summed E-state index contributed by atoms with van der Waals surface area (Å²) in [7, 11) is 0. The number of hydrogen-bond donors (Lipinski definition) is 1. The van der Waals surface area contributed by atoms with Gasteiger partial charge in [0.1, 0.15) is 11.9 Å². The van der Waals surface area contributed by atoms with Crippen molar-refractivity contribution >= 4 is 15.9 Å². The van der Waals surface area contributed by atoms with E-state index in [9.17, 15) is 0 Å². The summed E-state index contributed by atoms with van der Waals surface area (Å²) >= 11 is 3.50. The molecule has 0 bridgehead atoms. The van der Waals surface area contributed by atoms with Gasteiger partial charge in [-0.3, -0.25) is 0 Å². The Balaban J connectivity index is 2.11. The number of hydrogen-bond acceptors (Lipinski definition) is 2. The topological polar surface area (TPSA) is 21.3 Å². The van der Waals surface area contributed by atoms with E-state index in [-0.39, 0.29) is 0 Å². The fourth-order valence-corrected chi connectivity index (χ4v) is 1.97. The summed E-state index contributed by atoms with van der Waals surface area (Å²) in [6.45, 7) is 4.10. The summed E-state index contributed by atoms with van der Waals surface area (Å²) in [5, 5.41) is 3.29. The van der Waals surface area contributed by atoms with Gasteiger partial charge < -0.3 is 10.1 Å². The maximum Gasteiger partial charge on any atom is 0.123 e. The molecule has 0 aliphatic carbocycles. The molecular formula is C11H14BrNO. The molecule has 3 heteroatoms. The van der Waals surface area contributed by atoms with Gasteiger partial charge in [0.05, 0.1) is 0 Å². The van der Waals surface area contributed by atoms with Crippen LogP contribution in [0.15, 0.2) is 22.7 Å². The lowest BCUT2D eigenvalue weighted by atomic mass is 10.2. The van der Waals surface area contributed by atoms with Crippen molar-refractivity contribution in [3.8, 4) is 5.75 Å². The molecule has 1 fully saturated rings. The van der Waals surface area contributed by atoms with Gasteiger partial charge >= 0.3 is 0 Å². The molecule has 1 aliphatic heterocycles. The molecule has 0 spiro atoms. The molecule has 76 valence electrons. The minimum Gasteiger partial charge on any atom is -0.489 e. The Morgan fingerprint density at radius 2 is 2.36 bits per heavy atom. The third-order valence-corrected chi connectivity index (χ3v) is 3.39. The van der Waals surface area contributed by atoms with E-state index in [1.807, 2.05) is 18.2 Å². The van der Waals surface area contributed by atoms with Gasteiger partial charge in [0.15, 0.2) is 0 Å². The van der Waals surface area contributed by atoms with Gasteiger partial charge in [0, 0.05) is 16.6 Å². The zero-order valence-corrected chi connectivity index (χ0v) is 9.80. The van der Waals surface area contributed by atoms with Crippen LogP contribution in [0.2, 0.25) is 0 Å². The zero-order chi connectivity index (χ0) is 9.97. The molecule has 1 N–H and O–H groups in total. The summed E-state index contributed by atoms with van der Waals surface area (Å²) in [4.78, 5) is 0. The van der Waals surface area contributed by atoms with E-state index in [1.54, 1.807) is 0 Å². The first kappa shape index (κ1) is 9.99. The van der Waals surface area contributed by atoms with Crippen LogP contribution in [0.25, 0.3) is 0 Å².